The molecule has 0 aliphatic heterocycles. The number of carbonyl (C=O) groups is 1. The number of rotatable bonds is 7. The highest BCUT2D eigenvalue weighted by Gasteiger charge is 2.09. The van der Waals surface area contributed by atoms with Crippen molar-refractivity contribution in [2.45, 2.75) is 12.8 Å². The second-order valence-corrected chi connectivity index (χ2v) is 5.92. The van der Waals surface area contributed by atoms with Gasteiger partial charge in [-0.05, 0) is 48.7 Å². The number of hydrogen-bond donors (Lipinski definition) is 2. The van der Waals surface area contributed by atoms with Crippen molar-refractivity contribution in [2.75, 3.05) is 17.2 Å². The zero-order valence-electron chi connectivity index (χ0n) is 14.7. The number of nitriles is 1. The maximum absolute atomic E-state index is 12.3. The minimum Gasteiger partial charge on any atom is -0.354 e. The van der Waals surface area contributed by atoms with E-state index in [0.717, 1.165) is 19.4 Å². The first-order chi connectivity index (χ1) is 13.2. The van der Waals surface area contributed by atoms with Gasteiger partial charge in [0.15, 0.2) is 0 Å². The molecule has 6 heteroatoms. The number of nitrogens with one attached hydrogen (secondary N) is 2. The van der Waals surface area contributed by atoms with Crippen LogP contribution in [0.1, 0.15) is 28.0 Å². The quantitative estimate of drug-likeness (QED) is 0.630. The number of aromatic nitrogens is 2. The Morgan fingerprint density at radius 2 is 1.81 bits per heavy atom. The molecule has 1 amide bonds. The molecule has 0 aliphatic carbocycles. The Morgan fingerprint density at radius 1 is 1.04 bits per heavy atom. The van der Waals surface area contributed by atoms with E-state index in [-0.39, 0.29) is 11.6 Å². The van der Waals surface area contributed by atoms with Gasteiger partial charge in [0.05, 0.1) is 11.6 Å². The molecule has 1 heterocycles. The van der Waals surface area contributed by atoms with E-state index in [1.165, 1.54) is 5.56 Å². The monoisotopic (exact) mass is 357 g/mol. The Morgan fingerprint density at radius 3 is 2.56 bits per heavy atom. The minimum atomic E-state index is -0.325. The van der Waals surface area contributed by atoms with Crippen LogP contribution < -0.4 is 10.6 Å². The fraction of sp³-hybridized carbons (Fsp3) is 0.143. The largest absolute Gasteiger partial charge is 0.354 e. The van der Waals surface area contributed by atoms with Crippen molar-refractivity contribution in [3.63, 3.8) is 0 Å². The summed E-state index contributed by atoms with van der Waals surface area (Å²) in [4.78, 5) is 20.8. The Hall–Kier alpha value is -3.72. The molecule has 3 aromatic rings. The Bertz CT molecular complexity index is 933. The van der Waals surface area contributed by atoms with Crippen molar-refractivity contribution in [3.8, 4) is 6.07 Å². The summed E-state index contributed by atoms with van der Waals surface area (Å²) in [5.74, 6) is 0.102. The van der Waals surface area contributed by atoms with Crippen molar-refractivity contribution in [3.05, 3.63) is 83.7 Å². The van der Waals surface area contributed by atoms with Gasteiger partial charge in [-0.15, -0.1) is 0 Å². The average Bonchev–Trinajstić information content (AvgIpc) is 2.73. The lowest BCUT2D eigenvalue weighted by Crippen LogP contribution is -2.15. The highest BCUT2D eigenvalue weighted by molar-refractivity contribution is 6.02. The van der Waals surface area contributed by atoms with Crippen LogP contribution in [0, 0.1) is 11.3 Å². The fourth-order valence-corrected chi connectivity index (χ4v) is 2.53. The summed E-state index contributed by atoms with van der Waals surface area (Å²) in [7, 11) is 0. The van der Waals surface area contributed by atoms with Crippen LogP contribution in [0.15, 0.2) is 66.9 Å². The van der Waals surface area contributed by atoms with Gasteiger partial charge in [-0.25, -0.2) is 9.97 Å². The van der Waals surface area contributed by atoms with Crippen LogP contribution in [0.2, 0.25) is 0 Å². The Labute approximate surface area is 157 Å². The Kier molecular flexibility index (Phi) is 6.10. The topological polar surface area (TPSA) is 90.7 Å². The first kappa shape index (κ1) is 18.1. The van der Waals surface area contributed by atoms with Gasteiger partial charge in [0.25, 0.3) is 5.91 Å². The third-order valence-corrected chi connectivity index (χ3v) is 3.93. The van der Waals surface area contributed by atoms with Crippen molar-refractivity contribution in [1.82, 2.24) is 9.97 Å². The third kappa shape index (κ3) is 5.38. The summed E-state index contributed by atoms with van der Waals surface area (Å²) < 4.78 is 0. The number of hydrogen-bond acceptors (Lipinski definition) is 5. The molecule has 27 heavy (non-hydrogen) atoms. The molecule has 0 saturated carbocycles. The number of anilines is 2. The van der Waals surface area contributed by atoms with Crippen LogP contribution in [0.5, 0.6) is 0 Å². The van der Waals surface area contributed by atoms with Crippen LogP contribution >= 0.6 is 0 Å². The summed E-state index contributed by atoms with van der Waals surface area (Å²) in [5.41, 5.74) is 2.71. The molecule has 0 radical (unpaired) electrons. The van der Waals surface area contributed by atoms with E-state index >= 15 is 0 Å². The first-order valence-electron chi connectivity index (χ1n) is 8.67. The minimum absolute atomic E-state index is 0.278. The molecule has 134 valence electrons. The molecule has 2 N–H and O–H groups in total. The summed E-state index contributed by atoms with van der Waals surface area (Å²) in [6, 6.07) is 20.5. The van der Waals surface area contributed by atoms with Crippen molar-refractivity contribution in [2.24, 2.45) is 0 Å². The van der Waals surface area contributed by atoms with Crippen LogP contribution in [0.3, 0.4) is 0 Å². The molecular formula is C21H19N5O. The lowest BCUT2D eigenvalue weighted by molar-refractivity contribution is 0.102. The number of nitrogens with zero attached hydrogens (tertiary/aromatic N) is 3. The normalized spacial score (nSPS) is 10.0. The molecule has 0 spiro atoms. The molecule has 0 atom stereocenters. The molecule has 0 unspecified atom stereocenters. The summed E-state index contributed by atoms with van der Waals surface area (Å²) in [5, 5.41) is 14.7. The maximum atomic E-state index is 12.3. The van der Waals surface area contributed by atoms with Gasteiger partial charge < -0.3 is 10.6 Å². The lowest BCUT2D eigenvalue weighted by Gasteiger charge is -2.07. The predicted molar refractivity (Wildman–Crippen MR) is 104 cm³/mol. The fourth-order valence-electron chi connectivity index (χ4n) is 2.53. The average molecular weight is 357 g/mol. The van der Waals surface area contributed by atoms with E-state index in [1.807, 2.05) is 24.3 Å². The second-order valence-electron chi connectivity index (χ2n) is 5.92. The van der Waals surface area contributed by atoms with Crippen LogP contribution in [-0.4, -0.2) is 22.4 Å². The van der Waals surface area contributed by atoms with Gasteiger partial charge in [-0.3, -0.25) is 4.79 Å². The third-order valence-electron chi connectivity index (χ3n) is 3.93. The standard InChI is InChI=1S/C21H19N5O/c22-15-17-8-10-18(11-9-17)25-20(27)19-12-14-24-21(26-19)23-13-4-7-16-5-2-1-3-6-16/h1-3,5-6,8-12,14H,4,7,13H2,(H,25,27)(H,23,24,26). The highest BCUT2D eigenvalue weighted by atomic mass is 16.1. The first-order valence-corrected chi connectivity index (χ1v) is 8.67. The number of benzene rings is 2. The molecule has 2 aromatic carbocycles. The second kappa shape index (κ2) is 9.11. The maximum Gasteiger partial charge on any atom is 0.274 e. The molecule has 0 aliphatic rings. The molecule has 0 bridgehead atoms. The molecule has 0 fully saturated rings. The SMILES string of the molecule is N#Cc1ccc(NC(=O)c2ccnc(NCCCc3ccccc3)n2)cc1. The van der Waals surface area contributed by atoms with E-state index in [0.29, 0.717) is 17.2 Å². The van der Waals surface area contributed by atoms with Crippen LogP contribution in [-0.2, 0) is 6.42 Å². The molecule has 1 aromatic heterocycles. The molecular weight excluding hydrogens is 338 g/mol. The van der Waals surface area contributed by atoms with Gasteiger partial charge in [-0.1, -0.05) is 30.3 Å². The molecule has 6 nitrogen and oxygen atoms in total. The number of carbonyl (C=O) groups excluding carboxylic acids is 1. The van der Waals surface area contributed by atoms with Gasteiger partial charge in [-0.2, -0.15) is 5.26 Å². The van der Waals surface area contributed by atoms with Crippen molar-refractivity contribution >= 4 is 17.5 Å². The summed E-state index contributed by atoms with van der Waals surface area (Å²) in [6.07, 6.45) is 3.46. The van der Waals surface area contributed by atoms with Gasteiger partial charge >= 0.3 is 0 Å². The summed E-state index contributed by atoms with van der Waals surface area (Å²) >= 11 is 0. The van der Waals surface area contributed by atoms with E-state index in [4.69, 9.17) is 5.26 Å². The van der Waals surface area contributed by atoms with E-state index in [2.05, 4.69) is 32.7 Å². The van der Waals surface area contributed by atoms with Gasteiger partial charge in [0.1, 0.15) is 5.69 Å². The van der Waals surface area contributed by atoms with Gasteiger partial charge in [0.2, 0.25) is 5.95 Å². The number of amides is 1. The van der Waals surface area contributed by atoms with Crippen molar-refractivity contribution < 1.29 is 4.79 Å². The van der Waals surface area contributed by atoms with E-state index in [1.54, 1.807) is 36.5 Å². The molecule has 0 saturated heterocycles. The molecule has 3 rings (SSSR count). The zero-order chi connectivity index (χ0) is 18.9. The van der Waals surface area contributed by atoms with Crippen LogP contribution in [0.4, 0.5) is 11.6 Å². The highest BCUT2D eigenvalue weighted by Crippen LogP contribution is 2.11. The summed E-state index contributed by atoms with van der Waals surface area (Å²) in [6.45, 7) is 0.718. The van der Waals surface area contributed by atoms with Crippen LogP contribution in [0.25, 0.3) is 0 Å². The van der Waals surface area contributed by atoms with E-state index in [9.17, 15) is 4.79 Å². The predicted octanol–water partition coefficient (Wildman–Crippen LogP) is 3.65. The zero-order valence-corrected chi connectivity index (χ0v) is 14.7. The smallest absolute Gasteiger partial charge is 0.274 e. The van der Waals surface area contributed by atoms with Crippen molar-refractivity contribution in [1.29, 1.82) is 5.26 Å². The lowest BCUT2D eigenvalue weighted by atomic mass is 10.1. The van der Waals surface area contributed by atoms with Gasteiger partial charge in [0, 0.05) is 18.4 Å². The van der Waals surface area contributed by atoms with E-state index < -0.39 is 0 Å². The number of aryl methyl sites for hydroxylation is 1. The Balaban J connectivity index is 1.53.